The zero-order chi connectivity index (χ0) is 14.5. The molecule has 8 heteroatoms. The first-order valence-electron chi connectivity index (χ1n) is 5.51. The topological polar surface area (TPSA) is 3.24 Å². The summed E-state index contributed by atoms with van der Waals surface area (Å²) in [4.78, 5) is 1.26. The Morgan fingerprint density at radius 1 is 1.16 bits per heavy atom. The van der Waals surface area contributed by atoms with Crippen molar-refractivity contribution in [2.24, 2.45) is 5.41 Å². The highest BCUT2D eigenvalue weighted by atomic mass is 79.9. The van der Waals surface area contributed by atoms with Crippen molar-refractivity contribution in [3.63, 3.8) is 0 Å². The van der Waals surface area contributed by atoms with Gasteiger partial charge in [-0.05, 0) is 28.8 Å². The first kappa shape index (κ1) is 14.7. The fraction of sp³-hybridized carbons (Fsp3) is 0.636. The maximum atomic E-state index is 12.8. The average Bonchev–Trinajstić information content (AvgIpc) is 2.95. The summed E-state index contributed by atoms with van der Waals surface area (Å²) in [6.07, 6.45) is -6.74. The van der Waals surface area contributed by atoms with Crippen LogP contribution in [0.3, 0.4) is 0 Å². The van der Waals surface area contributed by atoms with Gasteiger partial charge in [0.2, 0.25) is 0 Å². The highest BCUT2D eigenvalue weighted by molar-refractivity contribution is 9.12. The Morgan fingerprint density at radius 2 is 1.74 bits per heavy atom. The van der Waals surface area contributed by atoms with E-state index >= 15 is 0 Å². The lowest BCUT2D eigenvalue weighted by molar-refractivity contribution is -0.190. The van der Waals surface area contributed by atoms with Crippen LogP contribution in [0.1, 0.15) is 12.8 Å². The standard InChI is InChI=1S/C11H10BrF6N/c12-8-5-19(4-1-7(8)10(13,14)15)6-9(2-3-9)11(16,17)18/h1,5H,2-4,6H2. The van der Waals surface area contributed by atoms with E-state index < -0.39 is 23.3 Å². The van der Waals surface area contributed by atoms with Crippen molar-refractivity contribution in [2.75, 3.05) is 13.1 Å². The fourth-order valence-electron chi connectivity index (χ4n) is 2.02. The molecule has 2 rings (SSSR count). The molecule has 19 heavy (non-hydrogen) atoms. The van der Waals surface area contributed by atoms with Crippen LogP contribution in [0.25, 0.3) is 0 Å². The summed E-state index contributed by atoms with van der Waals surface area (Å²) in [5, 5.41) is 0. The molecule has 0 saturated heterocycles. The van der Waals surface area contributed by atoms with Crippen molar-refractivity contribution in [2.45, 2.75) is 25.2 Å². The number of halogens is 7. The molecule has 1 nitrogen and oxygen atoms in total. The Morgan fingerprint density at radius 3 is 2.11 bits per heavy atom. The van der Waals surface area contributed by atoms with E-state index in [2.05, 4.69) is 15.9 Å². The summed E-state index contributed by atoms with van der Waals surface area (Å²) >= 11 is 2.76. The molecule has 1 heterocycles. The molecule has 0 unspecified atom stereocenters. The largest absolute Gasteiger partial charge is 0.417 e. The van der Waals surface area contributed by atoms with Gasteiger partial charge in [0, 0.05) is 23.8 Å². The van der Waals surface area contributed by atoms with E-state index in [1.165, 1.54) is 4.90 Å². The van der Waals surface area contributed by atoms with Gasteiger partial charge in [-0.3, -0.25) is 0 Å². The molecule has 0 aromatic carbocycles. The summed E-state index contributed by atoms with van der Waals surface area (Å²) in [6, 6.07) is 0. The molecule has 0 aromatic heterocycles. The van der Waals surface area contributed by atoms with E-state index in [0.29, 0.717) is 0 Å². The van der Waals surface area contributed by atoms with E-state index in [1.807, 2.05) is 0 Å². The van der Waals surface area contributed by atoms with E-state index in [9.17, 15) is 26.3 Å². The molecule has 0 spiro atoms. The van der Waals surface area contributed by atoms with Crippen LogP contribution in [0.4, 0.5) is 26.3 Å². The lowest BCUT2D eigenvalue weighted by Crippen LogP contribution is -2.37. The molecule has 0 bridgehead atoms. The minimum atomic E-state index is -4.50. The predicted molar refractivity (Wildman–Crippen MR) is 60.4 cm³/mol. The Bertz CT molecular complexity index is 429. The Labute approximate surface area is 114 Å². The Kier molecular flexibility index (Phi) is 3.43. The number of nitrogens with zero attached hydrogens (tertiary/aromatic N) is 1. The van der Waals surface area contributed by atoms with Crippen molar-refractivity contribution >= 4 is 15.9 Å². The van der Waals surface area contributed by atoms with Crippen molar-refractivity contribution in [1.82, 2.24) is 4.90 Å². The van der Waals surface area contributed by atoms with Crippen LogP contribution in [0.2, 0.25) is 0 Å². The molecule has 1 fully saturated rings. The molecule has 1 aliphatic heterocycles. The summed E-state index contributed by atoms with van der Waals surface area (Å²) in [5.74, 6) is 0. The van der Waals surface area contributed by atoms with Gasteiger partial charge in [-0.15, -0.1) is 0 Å². The quantitative estimate of drug-likeness (QED) is 0.669. The molecule has 108 valence electrons. The van der Waals surface area contributed by atoms with Gasteiger partial charge in [0.15, 0.2) is 0 Å². The highest BCUT2D eigenvalue weighted by Gasteiger charge is 2.63. The maximum Gasteiger partial charge on any atom is 0.417 e. The first-order valence-corrected chi connectivity index (χ1v) is 6.30. The third-order valence-electron chi connectivity index (χ3n) is 3.35. The van der Waals surface area contributed by atoms with E-state index in [1.54, 1.807) is 0 Å². The molecule has 0 atom stereocenters. The van der Waals surface area contributed by atoms with Crippen LogP contribution < -0.4 is 0 Å². The molecular formula is C11H10BrF6N. The summed E-state index contributed by atoms with van der Waals surface area (Å²) in [6.45, 7) is -0.463. The first-order chi connectivity index (χ1) is 8.55. The molecule has 2 aliphatic rings. The van der Waals surface area contributed by atoms with Gasteiger partial charge in [0.1, 0.15) is 0 Å². The SMILES string of the molecule is FC(F)(F)C1=CCN(CC2(C(F)(F)F)CC2)C=C1Br. The third kappa shape index (κ3) is 2.93. The number of hydrogen-bond donors (Lipinski definition) is 0. The molecule has 1 aliphatic carbocycles. The second-order valence-corrected chi connectivity index (χ2v) is 5.65. The number of hydrogen-bond acceptors (Lipinski definition) is 1. The smallest absolute Gasteiger partial charge is 0.372 e. The van der Waals surface area contributed by atoms with E-state index in [0.717, 1.165) is 12.3 Å². The third-order valence-corrected chi connectivity index (χ3v) is 3.98. The highest BCUT2D eigenvalue weighted by Crippen LogP contribution is 2.58. The summed E-state index contributed by atoms with van der Waals surface area (Å²) in [5.41, 5.74) is -2.60. The number of alkyl halides is 6. The second-order valence-electron chi connectivity index (χ2n) is 4.80. The average molecular weight is 350 g/mol. The van der Waals surface area contributed by atoms with Crippen LogP contribution in [0, 0.1) is 5.41 Å². The van der Waals surface area contributed by atoms with Crippen molar-refractivity contribution in [3.05, 3.63) is 22.3 Å². The lowest BCUT2D eigenvalue weighted by Gasteiger charge is -2.30. The predicted octanol–water partition coefficient (Wildman–Crippen LogP) is 4.37. The van der Waals surface area contributed by atoms with Crippen LogP contribution in [0.15, 0.2) is 22.3 Å². The van der Waals surface area contributed by atoms with Crippen LogP contribution in [0.5, 0.6) is 0 Å². The fourth-order valence-corrected chi connectivity index (χ4v) is 2.70. The van der Waals surface area contributed by atoms with Gasteiger partial charge in [-0.1, -0.05) is 6.08 Å². The minimum absolute atomic E-state index is 0.0360. The molecule has 0 N–H and O–H groups in total. The van der Waals surface area contributed by atoms with E-state index in [-0.39, 0.29) is 30.4 Å². The van der Waals surface area contributed by atoms with Crippen molar-refractivity contribution in [1.29, 1.82) is 0 Å². The van der Waals surface area contributed by atoms with Gasteiger partial charge < -0.3 is 4.90 Å². The van der Waals surface area contributed by atoms with Gasteiger partial charge in [0.25, 0.3) is 0 Å². The van der Waals surface area contributed by atoms with Crippen molar-refractivity contribution in [3.8, 4) is 0 Å². The van der Waals surface area contributed by atoms with Crippen LogP contribution >= 0.6 is 15.9 Å². The monoisotopic (exact) mass is 349 g/mol. The number of allylic oxidation sites excluding steroid dienone is 2. The molecule has 0 radical (unpaired) electrons. The van der Waals surface area contributed by atoms with Crippen molar-refractivity contribution < 1.29 is 26.3 Å². The molecular weight excluding hydrogens is 340 g/mol. The van der Waals surface area contributed by atoms with Gasteiger partial charge >= 0.3 is 12.4 Å². The molecule has 1 saturated carbocycles. The normalized spacial score (nSPS) is 23.0. The molecule has 0 aromatic rings. The summed E-state index contributed by atoms with van der Waals surface area (Å²) < 4.78 is 75.6. The van der Waals surface area contributed by atoms with Crippen LogP contribution in [-0.2, 0) is 0 Å². The second kappa shape index (κ2) is 4.43. The van der Waals surface area contributed by atoms with Crippen LogP contribution in [-0.4, -0.2) is 30.3 Å². The Balaban J connectivity index is 2.07. The maximum absolute atomic E-state index is 12.8. The zero-order valence-corrected chi connectivity index (χ0v) is 11.2. The zero-order valence-electron chi connectivity index (χ0n) is 9.58. The molecule has 0 amide bonds. The lowest BCUT2D eigenvalue weighted by atomic mass is 10.1. The minimum Gasteiger partial charge on any atom is -0.372 e. The van der Waals surface area contributed by atoms with Gasteiger partial charge in [-0.25, -0.2) is 0 Å². The van der Waals surface area contributed by atoms with E-state index in [4.69, 9.17) is 0 Å². The van der Waals surface area contributed by atoms with Gasteiger partial charge in [-0.2, -0.15) is 26.3 Å². The summed E-state index contributed by atoms with van der Waals surface area (Å²) in [7, 11) is 0. The Hall–Kier alpha value is -0.660. The number of rotatable bonds is 2. The van der Waals surface area contributed by atoms with Gasteiger partial charge in [0.05, 0.1) is 11.0 Å².